The molecule has 0 radical (unpaired) electrons. The summed E-state index contributed by atoms with van der Waals surface area (Å²) in [5, 5.41) is 0. The van der Waals surface area contributed by atoms with Crippen molar-refractivity contribution in [1.29, 1.82) is 0 Å². The van der Waals surface area contributed by atoms with Crippen LogP contribution in [0.1, 0.15) is 0 Å². The molecule has 0 bridgehead atoms. The molecule has 0 aromatic heterocycles. The van der Waals surface area contributed by atoms with Crippen LogP contribution in [0, 0.1) is 0 Å². The molecule has 54 heavy (non-hydrogen) atoms. The monoisotopic (exact) mass is 948 g/mol. The molecule has 0 N–H and O–H groups in total. The lowest BCUT2D eigenvalue weighted by Crippen LogP contribution is -2.74. The first-order valence-electron chi connectivity index (χ1n) is 10.3. The van der Waals surface area contributed by atoms with E-state index in [1.807, 2.05) is 0 Å². The highest BCUT2D eigenvalue weighted by molar-refractivity contribution is 5.85. The van der Waals surface area contributed by atoms with Gasteiger partial charge in [-0.3, -0.25) is 0 Å². The van der Waals surface area contributed by atoms with E-state index in [4.69, 9.17) is 0 Å². The summed E-state index contributed by atoms with van der Waals surface area (Å²) in [7, 11) is 0. The molecule has 0 aromatic rings. The van der Waals surface area contributed by atoms with Gasteiger partial charge >= 0.3 is 95.8 Å². The summed E-state index contributed by atoms with van der Waals surface area (Å²) in [5.41, 5.74) is 0. The van der Waals surface area contributed by atoms with Crippen LogP contribution in [0.5, 0.6) is 0 Å². The van der Waals surface area contributed by atoms with Crippen LogP contribution in [-0.4, -0.2) is 95.8 Å². The Morgan fingerprint density at radius 2 is 0.167 bits per heavy atom. The Kier molecular flexibility index (Phi) is 15.7. The maximum atomic E-state index is 12.8. The van der Waals surface area contributed by atoms with Gasteiger partial charge in [-0.2, -0.15) is 158 Å². The molecule has 0 saturated carbocycles. The fourth-order valence-electron chi connectivity index (χ4n) is 2.29. The largest absolute Gasteiger partial charge is 0.460 e. The first-order chi connectivity index (χ1) is 21.5. The number of hydrogen-bond acceptors (Lipinski definition) is 0. The molecular weight excluding hydrogens is 947 g/mol. The highest BCUT2D eigenvalue weighted by Gasteiger charge is 2.97. The Labute approximate surface area is 279 Å². The van der Waals surface area contributed by atoms with E-state index >= 15 is 0 Å². The summed E-state index contributed by atoms with van der Waals surface area (Å²) in [6.07, 6.45) is -31.2. The Morgan fingerprint density at radius 3 is 0.222 bits per heavy atom. The zero-order valence-electron chi connectivity index (χ0n) is 22.4. The number of hydrogen-bond donors (Lipinski definition) is 0. The molecule has 0 aliphatic heterocycles. The van der Waals surface area contributed by atoms with Crippen molar-refractivity contribution in [2.45, 2.75) is 95.8 Å². The average Bonchev–Trinajstić information content (AvgIpc) is 2.85. The normalized spacial score (nSPS) is 16.2. The summed E-state index contributed by atoms with van der Waals surface area (Å²) in [4.78, 5) is 0. The molecule has 0 amide bonds. The summed E-state index contributed by atoms with van der Waals surface area (Å²) in [5.74, 6) is -102. The van der Waals surface area contributed by atoms with Gasteiger partial charge in [-0.05, 0) is 0 Å². The molecule has 332 valence electrons. The maximum Gasteiger partial charge on any atom is 0.460 e. The second-order valence-corrected chi connectivity index (χ2v) is 8.88. The van der Waals surface area contributed by atoms with E-state index in [1.165, 1.54) is 0 Å². The van der Waals surface area contributed by atoms with Crippen molar-refractivity contribution in [2.24, 2.45) is 0 Å². The molecule has 38 heteroatoms. The van der Waals surface area contributed by atoms with Gasteiger partial charge in [0.25, 0.3) is 0 Å². The van der Waals surface area contributed by atoms with Crippen LogP contribution in [0.3, 0.4) is 0 Å². The first-order valence-corrected chi connectivity index (χ1v) is 10.3. The second kappa shape index (κ2) is 14.5. The topological polar surface area (TPSA) is 0 Å². The lowest BCUT2D eigenvalue weighted by molar-refractivity contribution is -0.468. The Balaban J connectivity index is -0.000000446. The van der Waals surface area contributed by atoms with Gasteiger partial charge in [0.05, 0.1) is 0 Å². The summed E-state index contributed by atoms with van der Waals surface area (Å²) in [6, 6.07) is 0. The van der Waals surface area contributed by atoms with Crippen LogP contribution in [0.2, 0.25) is 0 Å². The molecule has 0 rings (SSSR count). The van der Waals surface area contributed by atoms with Gasteiger partial charge in [-0.1, -0.05) is 0 Å². The van der Waals surface area contributed by atoms with Gasteiger partial charge in [0.15, 0.2) is 0 Å². The van der Waals surface area contributed by atoms with Crippen LogP contribution in [-0.2, 0) is 0 Å². The van der Waals surface area contributed by atoms with Crippen LogP contribution < -0.4 is 0 Å². The predicted octanol–water partition coefficient (Wildman–Crippen LogP) is 12.7. The fraction of sp³-hybridized carbons (Fsp3) is 1.00. The Bertz CT molecular complexity index is 1040. The molecule has 0 aliphatic rings. The fourth-order valence-corrected chi connectivity index (χ4v) is 2.29. The second-order valence-electron chi connectivity index (χ2n) is 8.88. The van der Waals surface area contributed by atoms with Crippen molar-refractivity contribution in [3.63, 3.8) is 0 Å². The van der Waals surface area contributed by atoms with E-state index in [0.717, 1.165) is 0 Å². The van der Waals surface area contributed by atoms with Crippen LogP contribution in [0.4, 0.5) is 158 Å². The minimum Gasteiger partial charge on any atom is -0.192 e. The third-order valence-corrected chi connectivity index (χ3v) is 5.37. The lowest BCUT2D eigenvalue weighted by atomic mass is 9.91. The standard InChI is InChI=1S/2C8F18.2ClH/c2*9-1(10,3(13,14)5(17,18)7(21,22)23)2(11,12)4(15,16)6(19,20)8(24,25)26;;/h;;2*1H. The SMILES string of the molecule is Cl.Cl.FC(F)(F)C(F)(F)C(F)(F)C(F)(F)C(F)(F)C(F)(F)C(F)(F)C(F)(F)F.FC(F)(F)C(F)(F)C(F)(F)C(F)(F)C(F)(F)C(F)(F)C(F)(F)C(F)(F)F. The van der Waals surface area contributed by atoms with E-state index in [1.54, 1.807) is 0 Å². The zero-order valence-corrected chi connectivity index (χ0v) is 24.1. The smallest absolute Gasteiger partial charge is 0.192 e. The van der Waals surface area contributed by atoms with Gasteiger partial charge in [0.2, 0.25) is 0 Å². The third-order valence-electron chi connectivity index (χ3n) is 5.37. The van der Waals surface area contributed by atoms with Gasteiger partial charge in [-0.15, -0.1) is 24.8 Å². The van der Waals surface area contributed by atoms with E-state index in [2.05, 4.69) is 0 Å². The maximum absolute atomic E-state index is 12.8. The van der Waals surface area contributed by atoms with Crippen molar-refractivity contribution in [2.75, 3.05) is 0 Å². The van der Waals surface area contributed by atoms with Crippen LogP contribution >= 0.6 is 24.8 Å². The molecule has 0 nitrogen and oxygen atoms in total. The molecule has 0 atom stereocenters. The van der Waals surface area contributed by atoms with Crippen molar-refractivity contribution in [1.82, 2.24) is 0 Å². The molecule has 0 saturated heterocycles. The van der Waals surface area contributed by atoms with Crippen molar-refractivity contribution < 1.29 is 158 Å². The summed E-state index contributed by atoms with van der Waals surface area (Å²) >= 11 is 0. The number of alkyl halides is 36. The van der Waals surface area contributed by atoms with Gasteiger partial charge in [0, 0.05) is 0 Å². The summed E-state index contributed by atoms with van der Waals surface area (Å²) < 4.78 is 441. The van der Waals surface area contributed by atoms with Crippen LogP contribution in [0.25, 0.3) is 0 Å². The minimum atomic E-state index is -8.72. The third kappa shape index (κ3) is 7.83. The molecule has 0 spiro atoms. The van der Waals surface area contributed by atoms with E-state index in [9.17, 15) is 158 Å². The van der Waals surface area contributed by atoms with Crippen molar-refractivity contribution in [3.05, 3.63) is 0 Å². The minimum absolute atomic E-state index is 0. The molecule has 0 unspecified atom stereocenters. The van der Waals surface area contributed by atoms with Crippen molar-refractivity contribution >= 4 is 24.8 Å². The van der Waals surface area contributed by atoms with Gasteiger partial charge < -0.3 is 0 Å². The average molecular weight is 949 g/mol. The molecule has 0 fully saturated rings. The first kappa shape index (κ1) is 58.8. The highest BCUT2D eigenvalue weighted by Crippen LogP contribution is 2.66. The Morgan fingerprint density at radius 1 is 0.111 bits per heavy atom. The van der Waals surface area contributed by atoms with E-state index in [-0.39, 0.29) is 24.8 Å². The van der Waals surface area contributed by atoms with Gasteiger partial charge in [-0.25, -0.2) is 0 Å². The number of halogens is 38. The predicted molar refractivity (Wildman–Crippen MR) is 98.1 cm³/mol. The van der Waals surface area contributed by atoms with Crippen LogP contribution in [0.15, 0.2) is 0 Å². The summed E-state index contributed by atoms with van der Waals surface area (Å²) in [6.45, 7) is 0. The molecule has 0 aromatic carbocycles. The molecule has 0 heterocycles. The van der Waals surface area contributed by atoms with E-state index in [0.29, 0.717) is 0 Å². The Hall–Kier alpha value is -1.94. The molecular formula is C16H2Cl2F36. The van der Waals surface area contributed by atoms with E-state index < -0.39 is 95.8 Å². The quantitative estimate of drug-likeness (QED) is 0.192. The number of rotatable bonds is 10. The van der Waals surface area contributed by atoms with Gasteiger partial charge in [0.1, 0.15) is 0 Å². The lowest BCUT2D eigenvalue weighted by Gasteiger charge is -2.41. The molecule has 0 aliphatic carbocycles. The zero-order chi connectivity index (χ0) is 44.0. The highest BCUT2D eigenvalue weighted by atomic mass is 35.5. The van der Waals surface area contributed by atoms with Crippen molar-refractivity contribution in [3.8, 4) is 0 Å².